The molecule has 9 heteroatoms. The van der Waals surface area contributed by atoms with Crippen LogP contribution in [0.5, 0.6) is 5.75 Å². The summed E-state index contributed by atoms with van der Waals surface area (Å²) in [6.45, 7) is 6.50. The number of ether oxygens (including phenoxy) is 1. The van der Waals surface area contributed by atoms with Crippen LogP contribution in [0.3, 0.4) is 0 Å². The first kappa shape index (κ1) is 27.3. The van der Waals surface area contributed by atoms with Gasteiger partial charge in [-0.15, -0.1) is 11.3 Å². The standard InChI is InChI=1S/C28H33FN2O4S2/c1-4-20(2)17-30(37(33,34)24-10-8-21(3)9-11-24)18-28(32)31-14-12-27-25(13-15-36-27)26(31)19-35-23-7-5-6-22(29)16-23/h5-11,13,15-16,20,26H,4,12,14,17-19H2,1-3H3. The van der Waals surface area contributed by atoms with E-state index in [-0.39, 0.29) is 36.4 Å². The Labute approximate surface area is 222 Å². The normalized spacial score (nSPS) is 16.5. The molecule has 3 aromatic rings. The molecule has 0 aliphatic carbocycles. The lowest BCUT2D eigenvalue weighted by atomic mass is 10.0. The SMILES string of the molecule is CCC(C)CN(CC(=O)N1CCc2sccc2C1COc1cccc(F)c1)S(=O)(=O)c1ccc(C)cc1. The largest absolute Gasteiger partial charge is 0.491 e. The van der Waals surface area contributed by atoms with Crippen molar-refractivity contribution in [2.24, 2.45) is 5.92 Å². The van der Waals surface area contributed by atoms with Crippen LogP contribution in [0.2, 0.25) is 0 Å². The lowest BCUT2D eigenvalue weighted by Crippen LogP contribution is -2.48. The van der Waals surface area contributed by atoms with E-state index in [2.05, 4.69) is 0 Å². The van der Waals surface area contributed by atoms with E-state index in [1.807, 2.05) is 32.2 Å². The van der Waals surface area contributed by atoms with Crippen molar-refractivity contribution in [2.75, 3.05) is 26.2 Å². The summed E-state index contributed by atoms with van der Waals surface area (Å²) in [5.74, 6) is -0.198. The van der Waals surface area contributed by atoms with Crippen molar-refractivity contribution in [2.45, 2.75) is 44.6 Å². The maximum absolute atomic E-state index is 13.7. The van der Waals surface area contributed by atoms with Gasteiger partial charge in [0.1, 0.15) is 18.2 Å². The maximum atomic E-state index is 13.7. The third-order valence-corrected chi connectivity index (χ3v) is 9.62. The van der Waals surface area contributed by atoms with Crippen molar-refractivity contribution in [1.82, 2.24) is 9.21 Å². The van der Waals surface area contributed by atoms with Crippen LogP contribution in [0.1, 0.15) is 42.3 Å². The number of carbonyl (C=O) groups excluding carboxylic acids is 1. The van der Waals surface area contributed by atoms with Gasteiger partial charge >= 0.3 is 0 Å². The van der Waals surface area contributed by atoms with Crippen molar-refractivity contribution in [3.8, 4) is 5.75 Å². The molecule has 1 aliphatic heterocycles. The van der Waals surface area contributed by atoms with Crippen LogP contribution in [0.15, 0.2) is 64.9 Å². The maximum Gasteiger partial charge on any atom is 0.243 e. The van der Waals surface area contributed by atoms with Crippen LogP contribution in [-0.2, 0) is 21.2 Å². The first-order valence-electron chi connectivity index (χ1n) is 12.5. The molecule has 0 spiro atoms. The summed E-state index contributed by atoms with van der Waals surface area (Å²) >= 11 is 1.64. The Balaban J connectivity index is 1.58. The highest BCUT2D eigenvalue weighted by Gasteiger charge is 2.35. The fourth-order valence-corrected chi connectivity index (χ4v) is 6.87. The van der Waals surface area contributed by atoms with Gasteiger partial charge in [0, 0.05) is 24.0 Å². The van der Waals surface area contributed by atoms with E-state index in [4.69, 9.17) is 4.74 Å². The predicted molar refractivity (Wildman–Crippen MR) is 144 cm³/mol. The zero-order chi connectivity index (χ0) is 26.6. The number of rotatable bonds is 10. The van der Waals surface area contributed by atoms with Gasteiger partial charge in [-0.25, -0.2) is 12.8 Å². The lowest BCUT2D eigenvalue weighted by molar-refractivity contribution is -0.135. The second kappa shape index (κ2) is 11.8. The van der Waals surface area contributed by atoms with Gasteiger partial charge < -0.3 is 9.64 Å². The molecule has 198 valence electrons. The Bertz CT molecular complexity index is 1320. The minimum atomic E-state index is -3.87. The van der Waals surface area contributed by atoms with Gasteiger partial charge in [0.15, 0.2) is 0 Å². The molecule has 6 nitrogen and oxygen atoms in total. The van der Waals surface area contributed by atoms with Gasteiger partial charge in [0.25, 0.3) is 0 Å². The molecular formula is C28H33FN2O4S2. The Morgan fingerprint density at radius 2 is 1.97 bits per heavy atom. The van der Waals surface area contributed by atoms with Gasteiger partial charge in [0.05, 0.1) is 17.5 Å². The average molecular weight is 545 g/mol. The average Bonchev–Trinajstić information content (AvgIpc) is 3.36. The Hall–Kier alpha value is -2.75. The van der Waals surface area contributed by atoms with Gasteiger partial charge in [-0.2, -0.15) is 4.31 Å². The molecule has 0 saturated carbocycles. The first-order chi connectivity index (χ1) is 17.7. The van der Waals surface area contributed by atoms with Crippen LogP contribution in [0.4, 0.5) is 4.39 Å². The lowest BCUT2D eigenvalue weighted by Gasteiger charge is -2.37. The summed E-state index contributed by atoms with van der Waals surface area (Å²) in [7, 11) is -3.87. The number of hydrogen-bond donors (Lipinski definition) is 0. The van der Waals surface area contributed by atoms with Gasteiger partial charge in [-0.05, 0) is 60.5 Å². The van der Waals surface area contributed by atoms with E-state index in [0.29, 0.717) is 18.7 Å². The van der Waals surface area contributed by atoms with Crippen LogP contribution in [0.25, 0.3) is 0 Å². The Morgan fingerprint density at radius 3 is 2.68 bits per heavy atom. The quantitative estimate of drug-likeness (QED) is 0.341. The van der Waals surface area contributed by atoms with Gasteiger partial charge in [-0.3, -0.25) is 4.79 Å². The number of amides is 1. The molecule has 2 atom stereocenters. The second-order valence-corrected chi connectivity index (χ2v) is 12.5. The molecule has 0 saturated heterocycles. The summed E-state index contributed by atoms with van der Waals surface area (Å²) in [4.78, 5) is 16.8. The zero-order valence-electron chi connectivity index (χ0n) is 21.4. The molecular weight excluding hydrogens is 511 g/mol. The number of nitrogens with zero attached hydrogens (tertiary/aromatic N) is 2. The first-order valence-corrected chi connectivity index (χ1v) is 14.8. The summed E-state index contributed by atoms with van der Waals surface area (Å²) < 4.78 is 48.1. The highest BCUT2D eigenvalue weighted by molar-refractivity contribution is 7.89. The second-order valence-electron chi connectivity index (χ2n) is 9.54. The minimum Gasteiger partial charge on any atom is -0.491 e. The topological polar surface area (TPSA) is 66.9 Å². The number of aryl methyl sites for hydroxylation is 1. The van der Waals surface area contributed by atoms with Crippen LogP contribution in [0, 0.1) is 18.7 Å². The molecule has 1 aliphatic rings. The summed E-state index contributed by atoms with van der Waals surface area (Å²) in [6, 6.07) is 14.2. The van der Waals surface area contributed by atoms with Crippen molar-refractivity contribution >= 4 is 27.3 Å². The van der Waals surface area contributed by atoms with Crippen molar-refractivity contribution < 1.29 is 22.3 Å². The Morgan fingerprint density at radius 1 is 1.22 bits per heavy atom. The van der Waals surface area contributed by atoms with Gasteiger partial charge in [-0.1, -0.05) is 44.0 Å². The number of hydrogen-bond acceptors (Lipinski definition) is 5. The third kappa shape index (κ3) is 6.40. The van der Waals surface area contributed by atoms with Gasteiger partial charge in [0.2, 0.25) is 15.9 Å². The smallest absolute Gasteiger partial charge is 0.243 e. The van der Waals surface area contributed by atoms with Crippen molar-refractivity contribution in [3.05, 3.63) is 81.8 Å². The summed E-state index contributed by atoms with van der Waals surface area (Å²) in [5.41, 5.74) is 1.96. The molecule has 1 amide bonds. The van der Waals surface area contributed by atoms with Crippen LogP contribution < -0.4 is 4.74 Å². The molecule has 2 aromatic carbocycles. The van der Waals surface area contributed by atoms with E-state index >= 15 is 0 Å². The number of carbonyl (C=O) groups is 1. The molecule has 0 bridgehead atoms. The molecule has 2 heterocycles. The number of sulfonamides is 1. The molecule has 4 rings (SSSR count). The highest BCUT2D eigenvalue weighted by Crippen LogP contribution is 2.34. The van der Waals surface area contributed by atoms with E-state index in [1.54, 1.807) is 52.6 Å². The fourth-order valence-electron chi connectivity index (χ4n) is 4.43. The van der Waals surface area contributed by atoms with Crippen molar-refractivity contribution in [3.63, 3.8) is 0 Å². The number of thiophene rings is 1. The van der Waals surface area contributed by atoms with E-state index in [9.17, 15) is 17.6 Å². The molecule has 0 radical (unpaired) electrons. The van der Waals surface area contributed by atoms with E-state index in [0.717, 1.165) is 17.5 Å². The molecule has 2 unspecified atom stereocenters. The van der Waals surface area contributed by atoms with E-state index < -0.39 is 21.9 Å². The zero-order valence-corrected chi connectivity index (χ0v) is 23.0. The summed E-state index contributed by atoms with van der Waals surface area (Å²) in [6.07, 6.45) is 1.49. The highest BCUT2D eigenvalue weighted by atomic mass is 32.2. The van der Waals surface area contributed by atoms with E-state index in [1.165, 1.54) is 21.3 Å². The summed E-state index contributed by atoms with van der Waals surface area (Å²) in [5, 5.41) is 1.99. The van der Waals surface area contributed by atoms with Crippen LogP contribution in [-0.4, -0.2) is 49.8 Å². The fraction of sp³-hybridized carbons (Fsp3) is 0.393. The molecule has 37 heavy (non-hydrogen) atoms. The Kier molecular flexibility index (Phi) is 8.67. The minimum absolute atomic E-state index is 0.0879. The molecule has 0 fully saturated rings. The number of benzene rings is 2. The third-order valence-electron chi connectivity index (χ3n) is 6.80. The van der Waals surface area contributed by atoms with Crippen LogP contribution >= 0.6 is 11.3 Å². The van der Waals surface area contributed by atoms with Crippen molar-refractivity contribution in [1.29, 1.82) is 0 Å². The predicted octanol–water partition coefficient (Wildman–Crippen LogP) is 5.44. The number of halogens is 1. The molecule has 1 aromatic heterocycles. The molecule has 0 N–H and O–H groups in total. The number of fused-ring (bicyclic) bond motifs is 1. The monoisotopic (exact) mass is 544 g/mol.